The molecule has 0 aliphatic carbocycles. The van der Waals surface area contributed by atoms with Crippen LogP contribution >= 0.6 is 0 Å². The van der Waals surface area contributed by atoms with Gasteiger partial charge in [-0.25, -0.2) is 13.4 Å². The average Bonchev–Trinajstić information content (AvgIpc) is 3.29. The van der Waals surface area contributed by atoms with E-state index in [-0.39, 0.29) is 22.8 Å². The van der Waals surface area contributed by atoms with Crippen molar-refractivity contribution in [1.82, 2.24) is 14.9 Å². The summed E-state index contributed by atoms with van der Waals surface area (Å²) in [4.78, 5) is 16.4. The predicted molar refractivity (Wildman–Crippen MR) is 145 cm³/mol. The first kappa shape index (κ1) is 28.1. The lowest BCUT2D eigenvalue weighted by molar-refractivity contribution is -0.111. The van der Waals surface area contributed by atoms with E-state index in [9.17, 15) is 18.3 Å². The van der Waals surface area contributed by atoms with Crippen LogP contribution < -0.4 is 15.8 Å². The Morgan fingerprint density at radius 3 is 2.49 bits per heavy atom. The zero-order valence-corrected chi connectivity index (χ0v) is 22.4. The molecule has 37 heavy (non-hydrogen) atoms. The third-order valence-electron chi connectivity index (χ3n) is 5.98. The summed E-state index contributed by atoms with van der Waals surface area (Å²) in [6.07, 6.45) is 3.37. The molecule has 0 fully saturated rings. The Morgan fingerprint density at radius 2 is 1.84 bits per heavy atom. The molecule has 0 radical (unpaired) electrons. The minimum Gasteiger partial charge on any atom is -0.402 e. The van der Waals surface area contributed by atoms with Crippen LogP contribution in [0.4, 0.5) is 5.69 Å². The molecular formula is C27H35N5O4S. The molecule has 0 saturated heterocycles. The lowest BCUT2D eigenvalue weighted by Gasteiger charge is -2.28. The minimum absolute atomic E-state index is 0.127. The standard InChI is InChI=1S/C27H35N5O4S/c1-19(28)26(20(2)33)24-17-32(18-29-24)14-13-27(3,4)30-16-25(34)21-9-8-10-22(15-21)31-37(35,36)23-11-6-5-7-12-23/h5-12,15,17-18,25,30-31,34H,13-14,16,28H2,1-4H3/b26-19+. The van der Waals surface area contributed by atoms with Gasteiger partial charge in [0.25, 0.3) is 10.0 Å². The number of sulfonamides is 1. The summed E-state index contributed by atoms with van der Waals surface area (Å²) in [6.45, 7) is 8.15. The van der Waals surface area contributed by atoms with Crippen LogP contribution in [0, 0.1) is 0 Å². The maximum absolute atomic E-state index is 12.6. The first-order valence-electron chi connectivity index (χ1n) is 12.0. The molecule has 0 bridgehead atoms. The zero-order valence-electron chi connectivity index (χ0n) is 21.6. The Bertz CT molecular complexity index is 1360. The number of nitrogens with one attached hydrogen (secondary N) is 2. The van der Waals surface area contributed by atoms with E-state index in [4.69, 9.17) is 5.73 Å². The number of aliphatic hydroxyl groups excluding tert-OH is 1. The normalized spacial score (nSPS) is 13.6. The summed E-state index contributed by atoms with van der Waals surface area (Å²) in [7, 11) is -3.72. The number of β-amino-alcohol motifs (C(OH)–C–C–N with tert-alkyl or cyclic N) is 1. The lowest BCUT2D eigenvalue weighted by Crippen LogP contribution is -2.42. The van der Waals surface area contributed by atoms with E-state index in [1.165, 1.54) is 19.1 Å². The minimum atomic E-state index is -3.72. The van der Waals surface area contributed by atoms with Gasteiger partial charge in [0, 0.05) is 36.2 Å². The lowest BCUT2D eigenvalue weighted by atomic mass is 9.99. The van der Waals surface area contributed by atoms with Crippen molar-refractivity contribution >= 4 is 27.1 Å². The molecule has 198 valence electrons. The van der Waals surface area contributed by atoms with Crippen LogP contribution in [0.15, 0.2) is 77.7 Å². The molecule has 0 amide bonds. The summed E-state index contributed by atoms with van der Waals surface area (Å²) in [5.41, 5.74) is 7.91. The van der Waals surface area contributed by atoms with Crippen LogP contribution in [0.1, 0.15) is 51.5 Å². The molecule has 2 aromatic carbocycles. The largest absolute Gasteiger partial charge is 0.402 e. The van der Waals surface area contributed by atoms with E-state index in [0.29, 0.717) is 34.8 Å². The van der Waals surface area contributed by atoms with Crippen LogP contribution in [0.3, 0.4) is 0 Å². The van der Waals surface area contributed by atoms with Crippen LogP contribution in [0.25, 0.3) is 5.57 Å². The topological polar surface area (TPSA) is 139 Å². The number of benzene rings is 2. The molecule has 0 saturated carbocycles. The highest BCUT2D eigenvalue weighted by Crippen LogP contribution is 2.22. The number of carbonyl (C=O) groups excluding carboxylic acids is 1. The van der Waals surface area contributed by atoms with Gasteiger partial charge in [0.15, 0.2) is 5.78 Å². The van der Waals surface area contributed by atoms with Crippen LogP contribution in [0.5, 0.6) is 0 Å². The quantitative estimate of drug-likeness (QED) is 0.266. The molecule has 1 aromatic heterocycles. The van der Waals surface area contributed by atoms with Crippen molar-refractivity contribution in [1.29, 1.82) is 0 Å². The number of allylic oxidation sites excluding steroid dienone is 2. The number of hydrogen-bond donors (Lipinski definition) is 4. The average molecular weight is 526 g/mol. The number of carbonyl (C=O) groups is 1. The highest BCUT2D eigenvalue weighted by molar-refractivity contribution is 7.92. The summed E-state index contributed by atoms with van der Waals surface area (Å²) in [5, 5.41) is 14.2. The van der Waals surface area contributed by atoms with Gasteiger partial charge in [-0.3, -0.25) is 9.52 Å². The number of nitrogens with two attached hydrogens (primary N) is 1. The Hall–Kier alpha value is -3.47. The predicted octanol–water partition coefficient (Wildman–Crippen LogP) is 3.45. The fourth-order valence-electron chi connectivity index (χ4n) is 3.88. The van der Waals surface area contributed by atoms with E-state index in [0.717, 1.165) is 6.42 Å². The van der Waals surface area contributed by atoms with E-state index in [1.54, 1.807) is 61.9 Å². The van der Waals surface area contributed by atoms with Gasteiger partial charge in [-0.2, -0.15) is 0 Å². The molecule has 1 heterocycles. The number of aliphatic hydroxyl groups is 1. The fraction of sp³-hybridized carbons (Fsp3) is 0.333. The first-order valence-corrected chi connectivity index (χ1v) is 13.5. The second-order valence-corrected chi connectivity index (χ2v) is 11.4. The third kappa shape index (κ3) is 7.75. The number of ketones is 1. The number of anilines is 1. The van der Waals surface area contributed by atoms with E-state index in [2.05, 4.69) is 15.0 Å². The molecule has 9 nitrogen and oxygen atoms in total. The van der Waals surface area contributed by atoms with Crippen molar-refractivity contribution in [3.8, 4) is 0 Å². The number of imidazole rings is 1. The zero-order chi connectivity index (χ0) is 27.2. The number of aromatic nitrogens is 2. The summed E-state index contributed by atoms with van der Waals surface area (Å²) >= 11 is 0. The molecule has 0 aliphatic heterocycles. The monoisotopic (exact) mass is 525 g/mol. The Balaban J connectivity index is 1.58. The molecule has 3 rings (SSSR count). The highest BCUT2D eigenvalue weighted by atomic mass is 32.2. The Morgan fingerprint density at radius 1 is 1.14 bits per heavy atom. The molecule has 1 unspecified atom stereocenters. The van der Waals surface area contributed by atoms with Crippen molar-refractivity contribution in [3.05, 3.63) is 84.1 Å². The first-order chi connectivity index (χ1) is 17.4. The van der Waals surface area contributed by atoms with Crippen LogP contribution in [-0.4, -0.2) is 40.9 Å². The van der Waals surface area contributed by atoms with E-state index < -0.39 is 16.1 Å². The number of hydrogen-bond acceptors (Lipinski definition) is 7. The molecular weight excluding hydrogens is 490 g/mol. The summed E-state index contributed by atoms with van der Waals surface area (Å²) in [5.74, 6) is -0.127. The molecule has 10 heteroatoms. The van der Waals surface area contributed by atoms with E-state index in [1.807, 2.05) is 18.4 Å². The maximum atomic E-state index is 12.6. The molecule has 3 aromatic rings. The Labute approximate surface area is 218 Å². The number of Topliss-reactive ketones (excluding diaryl/α,β-unsaturated/α-hetero) is 1. The van der Waals surface area contributed by atoms with Gasteiger partial charge >= 0.3 is 0 Å². The molecule has 1 atom stereocenters. The number of aryl methyl sites for hydroxylation is 1. The second-order valence-electron chi connectivity index (χ2n) is 9.69. The van der Waals surface area contributed by atoms with Crippen LogP contribution in [-0.2, 0) is 21.4 Å². The summed E-state index contributed by atoms with van der Waals surface area (Å²) < 4.78 is 29.7. The molecule has 0 spiro atoms. The van der Waals surface area contributed by atoms with Crippen molar-refractivity contribution in [3.63, 3.8) is 0 Å². The van der Waals surface area contributed by atoms with Gasteiger partial charge in [0.1, 0.15) is 0 Å². The van der Waals surface area contributed by atoms with Crippen molar-refractivity contribution < 1.29 is 18.3 Å². The van der Waals surface area contributed by atoms with Gasteiger partial charge in [0.05, 0.1) is 28.6 Å². The highest BCUT2D eigenvalue weighted by Gasteiger charge is 2.21. The van der Waals surface area contributed by atoms with Gasteiger partial charge < -0.3 is 20.7 Å². The smallest absolute Gasteiger partial charge is 0.261 e. The number of nitrogens with zero attached hydrogens (tertiary/aromatic N) is 2. The maximum Gasteiger partial charge on any atom is 0.261 e. The van der Waals surface area contributed by atoms with Gasteiger partial charge in [-0.05, 0) is 63.9 Å². The Kier molecular flexibility index (Phi) is 8.90. The van der Waals surface area contributed by atoms with Gasteiger partial charge in [-0.15, -0.1) is 0 Å². The molecule has 0 aliphatic rings. The number of rotatable bonds is 12. The fourth-order valence-corrected chi connectivity index (χ4v) is 4.95. The SMILES string of the molecule is CC(=O)/C(=C(/C)N)c1cn(CCC(C)(C)NCC(O)c2cccc(NS(=O)(=O)c3ccccc3)c2)cn1. The second kappa shape index (κ2) is 11.7. The van der Waals surface area contributed by atoms with Crippen molar-refractivity contribution in [2.24, 2.45) is 5.73 Å². The van der Waals surface area contributed by atoms with Crippen LogP contribution in [0.2, 0.25) is 0 Å². The van der Waals surface area contributed by atoms with E-state index >= 15 is 0 Å². The molecule has 5 N–H and O–H groups in total. The third-order valence-corrected chi connectivity index (χ3v) is 7.38. The van der Waals surface area contributed by atoms with Gasteiger partial charge in [0.2, 0.25) is 0 Å². The summed E-state index contributed by atoms with van der Waals surface area (Å²) in [6, 6.07) is 14.9. The van der Waals surface area contributed by atoms with Gasteiger partial charge in [-0.1, -0.05) is 30.3 Å². The van der Waals surface area contributed by atoms with Crippen molar-refractivity contribution in [2.45, 2.75) is 57.2 Å². The van der Waals surface area contributed by atoms with Crippen molar-refractivity contribution in [2.75, 3.05) is 11.3 Å².